The number of halogens is 2. The SMILES string of the molecule is C/C=C(\C=C/CCC)C(F)(F)C(=O)OCC. The Morgan fingerprint density at radius 1 is 1.38 bits per heavy atom. The smallest absolute Gasteiger partial charge is 0.381 e. The number of allylic oxidation sites excluding steroid dienone is 3. The standard InChI is InChI=1S/C12H18F2O2/c1-4-7-8-9-10(5-2)12(13,14)11(15)16-6-3/h5,8-9H,4,6-7H2,1-3H3/b9-8-,10-5+. The highest BCUT2D eigenvalue weighted by atomic mass is 19.3. The molecule has 0 saturated heterocycles. The van der Waals surface area contributed by atoms with Crippen LogP contribution in [0.5, 0.6) is 0 Å². The number of alkyl halides is 2. The Balaban J connectivity index is 4.74. The van der Waals surface area contributed by atoms with Gasteiger partial charge in [-0.25, -0.2) is 4.79 Å². The first kappa shape index (κ1) is 14.8. The Morgan fingerprint density at radius 3 is 2.44 bits per heavy atom. The van der Waals surface area contributed by atoms with E-state index in [-0.39, 0.29) is 12.2 Å². The lowest BCUT2D eigenvalue weighted by Crippen LogP contribution is -2.32. The van der Waals surface area contributed by atoms with Gasteiger partial charge in [0, 0.05) is 5.57 Å². The largest absolute Gasteiger partial charge is 0.461 e. The van der Waals surface area contributed by atoms with Crippen LogP contribution < -0.4 is 0 Å². The van der Waals surface area contributed by atoms with Crippen molar-refractivity contribution in [1.82, 2.24) is 0 Å². The lowest BCUT2D eigenvalue weighted by molar-refractivity contribution is -0.165. The Hall–Kier alpha value is -1.19. The van der Waals surface area contributed by atoms with Gasteiger partial charge >= 0.3 is 11.9 Å². The van der Waals surface area contributed by atoms with Gasteiger partial charge in [0.25, 0.3) is 0 Å². The fourth-order valence-corrected chi connectivity index (χ4v) is 1.10. The second-order valence-electron chi connectivity index (χ2n) is 3.23. The van der Waals surface area contributed by atoms with Crippen molar-refractivity contribution in [2.24, 2.45) is 0 Å². The van der Waals surface area contributed by atoms with Gasteiger partial charge in [0.05, 0.1) is 6.61 Å². The quantitative estimate of drug-likeness (QED) is 0.517. The molecule has 0 atom stereocenters. The molecule has 0 aromatic heterocycles. The Morgan fingerprint density at radius 2 is 2.00 bits per heavy atom. The summed E-state index contributed by atoms with van der Waals surface area (Å²) < 4.78 is 31.3. The van der Waals surface area contributed by atoms with Crippen molar-refractivity contribution in [1.29, 1.82) is 0 Å². The first-order valence-corrected chi connectivity index (χ1v) is 5.39. The molecule has 0 aliphatic rings. The highest BCUT2D eigenvalue weighted by Crippen LogP contribution is 2.27. The molecule has 0 bridgehead atoms. The van der Waals surface area contributed by atoms with E-state index in [4.69, 9.17) is 0 Å². The number of rotatable bonds is 6. The van der Waals surface area contributed by atoms with Crippen molar-refractivity contribution in [3.8, 4) is 0 Å². The maximum absolute atomic E-state index is 13.5. The molecule has 0 N–H and O–H groups in total. The fraction of sp³-hybridized carbons (Fsp3) is 0.583. The molecule has 92 valence electrons. The molecule has 0 aliphatic carbocycles. The van der Waals surface area contributed by atoms with Crippen LogP contribution in [0.2, 0.25) is 0 Å². The van der Waals surface area contributed by atoms with Gasteiger partial charge in [-0.15, -0.1) is 0 Å². The van der Waals surface area contributed by atoms with Crippen molar-refractivity contribution in [2.45, 2.75) is 39.5 Å². The zero-order valence-electron chi connectivity index (χ0n) is 9.93. The minimum Gasteiger partial charge on any atom is -0.461 e. The van der Waals surface area contributed by atoms with Crippen LogP contribution in [0.1, 0.15) is 33.6 Å². The van der Waals surface area contributed by atoms with Crippen molar-refractivity contribution < 1.29 is 18.3 Å². The normalized spacial score (nSPS) is 13.2. The van der Waals surface area contributed by atoms with E-state index in [1.807, 2.05) is 6.92 Å². The van der Waals surface area contributed by atoms with Gasteiger partial charge in [0.15, 0.2) is 0 Å². The molecule has 16 heavy (non-hydrogen) atoms. The van der Waals surface area contributed by atoms with E-state index in [1.165, 1.54) is 26.0 Å². The molecule has 0 saturated carbocycles. The van der Waals surface area contributed by atoms with Crippen LogP contribution in [0.25, 0.3) is 0 Å². The number of hydrogen-bond donors (Lipinski definition) is 0. The summed E-state index contributed by atoms with van der Waals surface area (Å²) in [4.78, 5) is 11.1. The van der Waals surface area contributed by atoms with Crippen molar-refractivity contribution in [3.05, 3.63) is 23.8 Å². The van der Waals surface area contributed by atoms with Crippen LogP contribution in [-0.2, 0) is 9.53 Å². The van der Waals surface area contributed by atoms with Crippen LogP contribution >= 0.6 is 0 Å². The maximum atomic E-state index is 13.5. The third-order valence-corrected chi connectivity index (χ3v) is 1.96. The van der Waals surface area contributed by atoms with E-state index < -0.39 is 11.9 Å². The molecule has 0 amide bonds. The second-order valence-corrected chi connectivity index (χ2v) is 3.23. The number of carbonyl (C=O) groups is 1. The topological polar surface area (TPSA) is 26.3 Å². The molecule has 0 radical (unpaired) electrons. The summed E-state index contributed by atoms with van der Waals surface area (Å²) in [7, 11) is 0. The zero-order valence-corrected chi connectivity index (χ0v) is 9.93. The number of carbonyl (C=O) groups excluding carboxylic acids is 1. The number of hydrogen-bond acceptors (Lipinski definition) is 2. The van der Waals surface area contributed by atoms with Gasteiger partial charge in [0.2, 0.25) is 0 Å². The maximum Gasteiger partial charge on any atom is 0.381 e. The van der Waals surface area contributed by atoms with Crippen molar-refractivity contribution in [3.63, 3.8) is 0 Å². The summed E-state index contributed by atoms with van der Waals surface area (Å²) in [5, 5.41) is 0. The molecule has 0 spiro atoms. The van der Waals surface area contributed by atoms with Gasteiger partial charge in [-0.05, 0) is 20.3 Å². The van der Waals surface area contributed by atoms with Gasteiger partial charge < -0.3 is 4.74 Å². The summed E-state index contributed by atoms with van der Waals surface area (Å²) in [6, 6.07) is 0. The predicted molar refractivity (Wildman–Crippen MR) is 59.4 cm³/mol. The van der Waals surface area contributed by atoms with Gasteiger partial charge in [-0.2, -0.15) is 8.78 Å². The monoisotopic (exact) mass is 232 g/mol. The van der Waals surface area contributed by atoms with Crippen LogP contribution in [0.4, 0.5) is 8.78 Å². The molecule has 4 heteroatoms. The molecule has 0 unspecified atom stereocenters. The number of unbranched alkanes of at least 4 members (excludes halogenated alkanes) is 1. The van der Waals surface area contributed by atoms with E-state index in [1.54, 1.807) is 6.08 Å². The van der Waals surface area contributed by atoms with Gasteiger partial charge in [-0.1, -0.05) is 31.6 Å². The summed E-state index contributed by atoms with van der Waals surface area (Å²) in [5.41, 5.74) is -0.320. The van der Waals surface area contributed by atoms with E-state index in [9.17, 15) is 13.6 Å². The van der Waals surface area contributed by atoms with Crippen molar-refractivity contribution in [2.75, 3.05) is 6.61 Å². The minimum atomic E-state index is -3.56. The molecule has 2 nitrogen and oxygen atoms in total. The van der Waals surface area contributed by atoms with Crippen LogP contribution in [0.3, 0.4) is 0 Å². The van der Waals surface area contributed by atoms with Crippen LogP contribution in [-0.4, -0.2) is 18.5 Å². The fourth-order valence-electron chi connectivity index (χ4n) is 1.10. The van der Waals surface area contributed by atoms with Crippen molar-refractivity contribution >= 4 is 5.97 Å². The Bertz CT molecular complexity index is 281. The molecule has 0 fully saturated rings. The van der Waals surface area contributed by atoms with E-state index >= 15 is 0 Å². The summed E-state index contributed by atoms with van der Waals surface area (Å²) in [5.74, 6) is -5.06. The minimum absolute atomic E-state index is 0.0515. The Kier molecular flexibility index (Phi) is 6.61. The average molecular weight is 232 g/mol. The highest BCUT2D eigenvalue weighted by molar-refractivity contribution is 5.82. The highest BCUT2D eigenvalue weighted by Gasteiger charge is 2.43. The summed E-state index contributed by atoms with van der Waals surface area (Å²) in [6.45, 7) is 4.86. The lowest BCUT2D eigenvalue weighted by atomic mass is 10.1. The molecule has 0 aliphatic heterocycles. The third-order valence-electron chi connectivity index (χ3n) is 1.96. The number of esters is 1. The van der Waals surface area contributed by atoms with Gasteiger partial charge in [-0.3, -0.25) is 0 Å². The third kappa shape index (κ3) is 4.13. The van der Waals surface area contributed by atoms with Gasteiger partial charge in [0.1, 0.15) is 0 Å². The number of ether oxygens (including phenoxy) is 1. The van der Waals surface area contributed by atoms with E-state index in [0.29, 0.717) is 6.42 Å². The first-order chi connectivity index (χ1) is 7.50. The van der Waals surface area contributed by atoms with E-state index in [0.717, 1.165) is 6.42 Å². The Labute approximate surface area is 95.0 Å². The van der Waals surface area contributed by atoms with E-state index in [2.05, 4.69) is 4.74 Å². The summed E-state index contributed by atoms with van der Waals surface area (Å²) >= 11 is 0. The van der Waals surface area contributed by atoms with Crippen LogP contribution in [0.15, 0.2) is 23.8 Å². The predicted octanol–water partition coefficient (Wildman–Crippen LogP) is 3.49. The second kappa shape index (κ2) is 7.14. The average Bonchev–Trinajstić information content (AvgIpc) is 2.24. The van der Waals surface area contributed by atoms with Crippen LogP contribution in [0, 0.1) is 0 Å². The molecular formula is C12H18F2O2. The molecule has 0 aromatic carbocycles. The lowest BCUT2D eigenvalue weighted by Gasteiger charge is -2.15. The summed E-state index contributed by atoms with van der Waals surface area (Å²) in [6.07, 6.45) is 5.71. The molecule has 0 heterocycles. The first-order valence-electron chi connectivity index (χ1n) is 5.39. The molecular weight excluding hydrogens is 214 g/mol. The molecule has 0 aromatic rings. The molecule has 0 rings (SSSR count). The zero-order chi connectivity index (χ0) is 12.6.